The maximum Gasteiger partial charge on any atom is 0.157 e. The highest BCUT2D eigenvalue weighted by atomic mass is 14.9. The molecule has 0 amide bonds. The molecule has 0 aliphatic carbocycles. The van der Waals surface area contributed by atoms with Gasteiger partial charge in [0.1, 0.15) is 12.0 Å². The predicted molar refractivity (Wildman–Crippen MR) is 85.1 cm³/mol. The second-order valence-electron chi connectivity index (χ2n) is 5.02. The van der Waals surface area contributed by atoms with Crippen LogP contribution in [0.1, 0.15) is 5.69 Å². The minimum atomic E-state index is 0.762. The molecule has 0 unspecified atom stereocenters. The van der Waals surface area contributed by atoms with Gasteiger partial charge in [0.2, 0.25) is 0 Å². The number of benzene rings is 1. The van der Waals surface area contributed by atoms with Crippen molar-refractivity contribution in [2.45, 2.75) is 6.92 Å². The molecule has 1 N–H and O–H groups in total. The lowest BCUT2D eigenvalue weighted by Gasteiger charge is -2.04. The van der Waals surface area contributed by atoms with Crippen molar-refractivity contribution in [2.75, 3.05) is 0 Å². The molecule has 0 atom stereocenters. The number of rotatable bonds is 2. The summed E-state index contributed by atoms with van der Waals surface area (Å²) in [4.78, 5) is 20.8. The Morgan fingerprint density at radius 1 is 0.955 bits per heavy atom. The standard InChI is InChI=1S/C17H13N5/c1-11-13(9-18-10-20-11)12-5-4-7-14-16(12)22-17(21-14)15-6-2-3-8-19-15/h2-10H,1H3,(H,21,22). The van der Waals surface area contributed by atoms with Crippen LogP contribution in [0.3, 0.4) is 0 Å². The first kappa shape index (κ1) is 12.6. The van der Waals surface area contributed by atoms with Gasteiger partial charge in [-0.25, -0.2) is 15.0 Å². The van der Waals surface area contributed by atoms with Crippen LogP contribution in [-0.2, 0) is 0 Å². The van der Waals surface area contributed by atoms with Crippen LogP contribution in [-0.4, -0.2) is 24.9 Å². The topological polar surface area (TPSA) is 67.3 Å². The number of nitrogens with one attached hydrogen (secondary N) is 1. The van der Waals surface area contributed by atoms with E-state index in [9.17, 15) is 0 Å². The average Bonchev–Trinajstić information content (AvgIpc) is 3.00. The number of aromatic nitrogens is 5. The van der Waals surface area contributed by atoms with Crippen LogP contribution < -0.4 is 0 Å². The van der Waals surface area contributed by atoms with E-state index in [0.29, 0.717) is 0 Å². The number of H-pyrrole nitrogens is 1. The normalized spacial score (nSPS) is 11.0. The van der Waals surface area contributed by atoms with E-state index < -0.39 is 0 Å². The Balaban J connectivity index is 1.95. The van der Waals surface area contributed by atoms with E-state index in [-0.39, 0.29) is 0 Å². The molecule has 0 spiro atoms. The van der Waals surface area contributed by atoms with Crippen molar-refractivity contribution < 1.29 is 0 Å². The minimum absolute atomic E-state index is 0.762. The van der Waals surface area contributed by atoms with Crippen LogP contribution in [0.5, 0.6) is 0 Å². The van der Waals surface area contributed by atoms with Gasteiger partial charge in [0, 0.05) is 29.2 Å². The van der Waals surface area contributed by atoms with Crippen LogP contribution >= 0.6 is 0 Å². The van der Waals surface area contributed by atoms with Crippen molar-refractivity contribution in [3.05, 3.63) is 60.8 Å². The molecule has 22 heavy (non-hydrogen) atoms. The van der Waals surface area contributed by atoms with E-state index in [4.69, 9.17) is 4.98 Å². The highest BCUT2D eigenvalue weighted by molar-refractivity contribution is 5.93. The van der Waals surface area contributed by atoms with Crippen LogP contribution in [0.15, 0.2) is 55.1 Å². The van der Waals surface area contributed by atoms with E-state index in [2.05, 4.69) is 19.9 Å². The van der Waals surface area contributed by atoms with Gasteiger partial charge in [0.05, 0.1) is 11.0 Å². The van der Waals surface area contributed by atoms with Crippen molar-refractivity contribution in [1.29, 1.82) is 0 Å². The molecule has 5 nitrogen and oxygen atoms in total. The van der Waals surface area contributed by atoms with E-state index in [1.54, 1.807) is 12.5 Å². The fourth-order valence-corrected chi connectivity index (χ4v) is 2.53. The smallest absolute Gasteiger partial charge is 0.157 e. The Labute approximate surface area is 127 Å². The van der Waals surface area contributed by atoms with E-state index in [1.165, 1.54) is 0 Å². The van der Waals surface area contributed by atoms with Gasteiger partial charge >= 0.3 is 0 Å². The Kier molecular flexibility index (Phi) is 2.89. The third kappa shape index (κ3) is 2.03. The first-order valence-corrected chi connectivity index (χ1v) is 7.00. The molecule has 3 aromatic heterocycles. The zero-order valence-electron chi connectivity index (χ0n) is 12.0. The number of imidazole rings is 1. The van der Waals surface area contributed by atoms with Crippen LogP contribution in [0.25, 0.3) is 33.7 Å². The van der Waals surface area contributed by atoms with Crippen LogP contribution in [0.2, 0.25) is 0 Å². The lowest BCUT2D eigenvalue weighted by molar-refractivity contribution is 1.11. The molecule has 0 radical (unpaired) electrons. The van der Waals surface area contributed by atoms with Crippen LogP contribution in [0.4, 0.5) is 0 Å². The Morgan fingerprint density at radius 2 is 1.91 bits per heavy atom. The van der Waals surface area contributed by atoms with Crippen molar-refractivity contribution >= 4 is 11.0 Å². The zero-order chi connectivity index (χ0) is 14.9. The summed E-state index contributed by atoms with van der Waals surface area (Å²) >= 11 is 0. The third-order valence-corrected chi connectivity index (χ3v) is 3.62. The molecular formula is C17H13N5. The number of fused-ring (bicyclic) bond motifs is 1. The highest BCUT2D eigenvalue weighted by Gasteiger charge is 2.12. The fraction of sp³-hybridized carbons (Fsp3) is 0.0588. The zero-order valence-corrected chi connectivity index (χ0v) is 12.0. The van der Waals surface area contributed by atoms with Gasteiger partial charge in [-0.05, 0) is 25.1 Å². The summed E-state index contributed by atoms with van der Waals surface area (Å²) in [6, 6.07) is 11.8. The number of aromatic amines is 1. The molecule has 5 heteroatoms. The second-order valence-corrected chi connectivity index (χ2v) is 5.02. The lowest BCUT2D eigenvalue weighted by atomic mass is 10.0. The quantitative estimate of drug-likeness (QED) is 0.613. The highest BCUT2D eigenvalue weighted by Crippen LogP contribution is 2.29. The molecule has 0 saturated carbocycles. The molecule has 0 fully saturated rings. The molecule has 106 valence electrons. The first-order valence-electron chi connectivity index (χ1n) is 7.00. The molecule has 0 bridgehead atoms. The molecule has 4 rings (SSSR count). The number of nitrogens with zero attached hydrogens (tertiary/aromatic N) is 4. The molecule has 0 saturated heterocycles. The summed E-state index contributed by atoms with van der Waals surface area (Å²) < 4.78 is 0. The largest absolute Gasteiger partial charge is 0.337 e. The van der Waals surface area contributed by atoms with Crippen molar-refractivity contribution in [3.63, 3.8) is 0 Å². The molecule has 1 aromatic carbocycles. The Hall–Kier alpha value is -3.08. The molecular weight excluding hydrogens is 274 g/mol. The molecule has 0 aliphatic rings. The summed E-state index contributed by atoms with van der Waals surface area (Å²) in [7, 11) is 0. The number of hydrogen-bond acceptors (Lipinski definition) is 4. The summed E-state index contributed by atoms with van der Waals surface area (Å²) in [5.41, 5.74) is 5.65. The number of para-hydroxylation sites is 1. The molecule has 3 heterocycles. The van der Waals surface area contributed by atoms with Gasteiger partial charge in [0.15, 0.2) is 5.82 Å². The fourth-order valence-electron chi connectivity index (χ4n) is 2.53. The summed E-state index contributed by atoms with van der Waals surface area (Å²) in [5.74, 6) is 0.762. The third-order valence-electron chi connectivity index (χ3n) is 3.62. The SMILES string of the molecule is Cc1ncncc1-c1cccc2[nH]c(-c3ccccn3)nc12. The molecule has 4 aromatic rings. The second kappa shape index (κ2) is 5.04. The average molecular weight is 287 g/mol. The number of hydrogen-bond donors (Lipinski definition) is 1. The molecule has 0 aliphatic heterocycles. The van der Waals surface area contributed by atoms with E-state index >= 15 is 0 Å². The Bertz CT molecular complexity index is 944. The van der Waals surface area contributed by atoms with E-state index in [1.807, 2.05) is 49.5 Å². The van der Waals surface area contributed by atoms with Gasteiger partial charge < -0.3 is 4.98 Å². The van der Waals surface area contributed by atoms with Gasteiger partial charge in [0.25, 0.3) is 0 Å². The van der Waals surface area contributed by atoms with Gasteiger partial charge in [-0.3, -0.25) is 4.98 Å². The predicted octanol–water partition coefficient (Wildman–Crippen LogP) is 3.39. The monoisotopic (exact) mass is 287 g/mol. The van der Waals surface area contributed by atoms with Gasteiger partial charge in [-0.15, -0.1) is 0 Å². The Morgan fingerprint density at radius 3 is 2.73 bits per heavy atom. The number of pyridine rings is 1. The van der Waals surface area contributed by atoms with Crippen molar-refractivity contribution in [1.82, 2.24) is 24.9 Å². The summed E-state index contributed by atoms with van der Waals surface area (Å²) in [6.07, 6.45) is 5.15. The van der Waals surface area contributed by atoms with Crippen molar-refractivity contribution in [2.24, 2.45) is 0 Å². The van der Waals surface area contributed by atoms with E-state index in [0.717, 1.165) is 39.4 Å². The summed E-state index contributed by atoms with van der Waals surface area (Å²) in [6.45, 7) is 1.97. The van der Waals surface area contributed by atoms with Crippen molar-refractivity contribution in [3.8, 4) is 22.6 Å². The minimum Gasteiger partial charge on any atom is -0.337 e. The lowest BCUT2D eigenvalue weighted by Crippen LogP contribution is -1.90. The first-order chi connectivity index (χ1) is 10.8. The van der Waals surface area contributed by atoms with Gasteiger partial charge in [-0.1, -0.05) is 18.2 Å². The summed E-state index contributed by atoms with van der Waals surface area (Å²) in [5, 5.41) is 0. The van der Waals surface area contributed by atoms with Crippen LogP contribution in [0, 0.1) is 6.92 Å². The maximum absolute atomic E-state index is 4.73. The maximum atomic E-state index is 4.73. The number of aryl methyl sites for hydroxylation is 1. The van der Waals surface area contributed by atoms with Gasteiger partial charge in [-0.2, -0.15) is 0 Å².